The van der Waals surface area contributed by atoms with Gasteiger partial charge in [-0.05, 0) is 17.5 Å². The zero-order valence-corrected chi connectivity index (χ0v) is 12.8. The molecule has 0 aliphatic rings. The number of amides is 1. The van der Waals surface area contributed by atoms with Gasteiger partial charge in [-0.2, -0.15) is 0 Å². The van der Waals surface area contributed by atoms with Gasteiger partial charge in [0.1, 0.15) is 0 Å². The Morgan fingerprint density at radius 3 is 2.87 bits per heavy atom. The number of nitro benzene ring substituents is 1. The van der Waals surface area contributed by atoms with Crippen LogP contribution in [0.15, 0.2) is 40.1 Å². The summed E-state index contributed by atoms with van der Waals surface area (Å²) in [4.78, 5) is 23.1. The van der Waals surface area contributed by atoms with Gasteiger partial charge in [0.05, 0.1) is 20.4 Å². The van der Waals surface area contributed by atoms with Crippen LogP contribution in [0.4, 0.5) is 11.7 Å². The maximum atomic E-state index is 12.2. The van der Waals surface area contributed by atoms with E-state index in [1.54, 1.807) is 6.07 Å². The minimum atomic E-state index is -0.680. The summed E-state index contributed by atoms with van der Waals surface area (Å²) >= 11 is 7.31. The lowest BCUT2D eigenvalue weighted by molar-refractivity contribution is -0.384. The summed E-state index contributed by atoms with van der Waals surface area (Å²) in [5.41, 5.74) is -0.305. The number of rotatable bonds is 4. The van der Waals surface area contributed by atoms with Gasteiger partial charge in [0.15, 0.2) is 0 Å². The first kappa shape index (κ1) is 15.1. The van der Waals surface area contributed by atoms with E-state index in [4.69, 9.17) is 16.0 Å². The van der Waals surface area contributed by atoms with Gasteiger partial charge < -0.3 is 4.42 Å². The number of anilines is 1. The van der Waals surface area contributed by atoms with Gasteiger partial charge >= 0.3 is 6.01 Å². The zero-order chi connectivity index (χ0) is 16.4. The predicted octanol–water partition coefficient (Wildman–Crippen LogP) is 3.61. The van der Waals surface area contributed by atoms with Gasteiger partial charge in [0, 0.05) is 12.1 Å². The van der Waals surface area contributed by atoms with Crippen molar-refractivity contribution in [2.24, 2.45) is 0 Å². The normalized spacial score (nSPS) is 10.5. The number of nitrogens with one attached hydrogen (secondary N) is 1. The molecule has 1 amide bonds. The third kappa shape index (κ3) is 3.20. The molecule has 0 aliphatic carbocycles. The molecule has 1 aromatic carbocycles. The lowest BCUT2D eigenvalue weighted by Gasteiger charge is -2.03. The van der Waals surface area contributed by atoms with Gasteiger partial charge in [-0.15, -0.1) is 16.4 Å². The van der Waals surface area contributed by atoms with Gasteiger partial charge in [-0.25, -0.2) is 0 Å². The van der Waals surface area contributed by atoms with Crippen LogP contribution in [0.3, 0.4) is 0 Å². The highest BCUT2D eigenvalue weighted by molar-refractivity contribution is 7.13. The average Bonchev–Trinajstić information content (AvgIpc) is 3.18. The van der Waals surface area contributed by atoms with Gasteiger partial charge in [-0.3, -0.25) is 20.2 Å². The first-order chi connectivity index (χ1) is 11.0. The second-order valence-corrected chi connectivity index (χ2v) is 5.62. The average molecular weight is 351 g/mol. The molecule has 23 heavy (non-hydrogen) atoms. The van der Waals surface area contributed by atoms with Crippen molar-refractivity contribution >= 4 is 40.5 Å². The fourth-order valence-electron chi connectivity index (χ4n) is 1.74. The Morgan fingerprint density at radius 2 is 2.17 bits per heavy atom. The third-order valence-electron chi connectivity index (χ3n) is 2.78. The van der Waals surface area contributed by atoms with Crippen LogP contribution in [-0.4, -0.2) is 21.0 Å². The third-order valence-corrected chi connectivity index (χ3v) is 3.97. The molecular weight excluding hydrogens is 344 g/mol. The van der Waals surface area contributed by atoms with E-state index in [0.717, 1.165) is 10.9 Å². The number of hydrogen-bond donors (Lipinski definition) is 1. The monoisotopic (exact) mass is 350 g/mol. The molecule has 0 saturated carbocycles. The number of halogens is 1. The summed E-state index contributed by atoms with van der Waals surface area (Å²) in [6.45, 7) is 0. The lowest BCUT2D eigenvalue weighted by atomic mass is 10.2. The van der Waals surface area contributed by atoms with Crippen LogP contribution in [0.5, 0.6) is 0 Å². The van der Waals surface area contributed by atoms with Gasteiger partial charge in [0.25, 0.3) is 17.5 Å². The summed E-state index contributed by atoms with van der Waals surface area (Å²) < 4.78 is 5.32. The summed E-state index contributed by atoms with van der Waals surface area (Å²) in [5.74, 6) is -0.416. The van der Waals surface area contributed by atoms with Crippen molar-refractivity contribution in [1.82, 2.24) is 10.2 Å². The number of thiophene rings is 1. The van der Waals surface area contributed by atoms with E-state index in [2.05, 4.69) is 15.5 Å². The summed E-state index contributed by atoms with van der Waals surface area (Å²) in [7, 11) is 0. The van der Waals surface area contributed by atoms with E-state index in [-0.39, 0.29) is 28.2 Å². The molecule has 2 aromatic heterocycles. The molecule has 2 heterocycles. The van der Waals surface area contributed by atoms with E-state index in [1.165, 1.54) is 23.5 Å². The molecule has 10 heteroatoms. The number of carbonyl (C=O) groups excluding carboxylic acids is 1. The molecule has 0 spiro atoms. The lowest BCUT2D eigenvalue weighted by Crippen LogP contribution is -2.13. The number of carbonyl (C=O) groups is 1. The van der Waals surface area contributed by atoms with E-state index in [1.807, 2.05) is 11.4 Å². The maximum Gasteiger partial charge on any atom is 0.322 e. The number of nitrogens with zero attached hydrogens (tertiary/aromatic N) is 3. The van der Waals surface area contributed by atoms with Gasteiger partial charge in [-0.1, -0.05) is 22.8 Å². The Bertz CT molecular complexity index is 878. The fourth-order valence-corrected chi connectivity index (χ4v) is 2.59. The van der Waals surface area contributed by atoms with Crippen molar-refractivity contribution in [1.29, 1.82) is 0 Å². The van der Waals surface area contributed by atoms with Crippen molar-refractivity contribution in [3.8, 4) is 10.8 Å². The molecule has 0 saturated heterocycles. The Hall–Kier alpha value is -2.78. The second-order valence-electron chi connectivity index (χ2n) is 4.27. The molecule has 0 atom stereocenters. The second kappa shape index (κ2) is 6.15. The summed E-state index contributed by atoms with van der Waals surface area (Å²) in [6, 6.07) is 7.06. The molecule has 8 nitrogen and oxygen atoms in total. The summed E-state index contributed by atoms with van der Waals surface area (Å²) in [6.07, 6.45) is 0. The Morgan fingerprint density at radius 1 is 1.35 bits per heavy atom. The van der Waals surface area contributed by atoms with Gasteiger partial charge in [0.2, 0.25) is 0 Å². The van der Waals surface area contributed by atoms with Crippen molar-refractivity contribution in [3.63, 3.8) is 0 Å². The predicted molar refractivity (Wildman–Crippen MR) is 83.7 cm³/mol. The Balaban J connectivity index is 1.82. The Labute approximate surface area is 137 Å². The molecule has 0 unspecified atom stereocenters. The Kier molecular flexibility index (Phi) is 4.04. The molecule has 0 bridgehead atoms. The zero-order valence-electron chi connectivity index (χ0n) is 11.2. The molecule has 0 aliphatic heterocycles. The number of aromatic nitrogens is 2. The van der Waals surface area contributed by atoms with E-state index >= 15 is 0 Å². The number of nitro groups is 1. The SMILES string of the molecule is O=C(Nc1nnc(-c2cccs2)o1)c1cc([N+](=O)[O-])ccc1Cl. The fraction of sp³-hybridized carbons (Fsp3) is 0. The van der Waals surface area contributed by atoms with E-state index in [0.29, 0.717) is 0 Å². The highest BCUT2D eigenvalue weighted by atomic mass is 35.5. The van der Waals surface area contributed by atoms with Crippen LogP contribution in [0.25, 0.3) is 10.8 Å². The quantitative estimate of drug-likeness (QED) is 0.568. The molecule has 1 N–H and O–H groups in total. The standard InChI is InChI=1S/C13H7ClN4O4S/c14-9-4-3-7(18(20)21)6-8(9)11(19)15-13-17-16-12(22-13)10-2-1-5-23-10/h1-6H,(H,15,17,19). The maximum absolute atomic E-state index is 12.2. The number of benzene rings is 1. The van der Waals surface area contributed by atoms with Crippen molar-refractivity contribution < 1.29 is 14.1 Å². The molecular formula is C13H7ClN4O4S. The highest BCUT2D eigenvalue weighted by Crippen LogP contribution is 2.26. The molecule has 3 aromatic rings. The van der Waals surface area contributed by atoms with Crippen molar-refractivity contribution in [2.45, 2.75) is 0 Å². The molecule has 116 valence electrons. The topological polar surface area (TPSA) is 111 Å². The number of hydrogen-bond acceptors (Lipinski definition) is 7. The first-order valence-corrected chi connectivity index (χ1v) is 7.43. The largest absolute Gasteiger partial charge is 0.402 e. The van der Waals surface area contributed by atoms with Crippen molar-refractivity contribution in [3.05, 3.63) is 56.4 Å². The van der Waals surface area contributed by atoms with Crippen molar-refractivity contribution in [2.75, 3.05) is 5.32 Å². The first-order valence-electron chi connectivity index (χ1n) is 6.17. The van der Waals surface area contributed by atoms with E-state index in [9.17, 15) is 14.9 Å². The van der Waals surface area contributed by atoms with Crippen LogP contribution in [-0.2, 0) is 0 Å². The minimum Gasteiger partial charge on any atom is -0.402 e. The van der Waals surface area contributed by atoms with Crippen LogP contribution in [0.2, 0.25) is 5.02 Å². The summed E-state index contributed by atoms with van der Waals surface area (Å²) in [5, 5.41) is 22.6. The number of non-ortho nitro benzene ring substituents is 1. The minimum absolute atomic E-state index is 0.0586. The molecule has 0 radical (unpaired) electrons. The molecule has 3 rings (SSSR count). The van der Waals surface area contributed by atoms with Crippen LogP contribution < -0.4 is 5.32 Å². The van der Waals surface area contributed by atoms with Crippen LogP contribution in [0, 0.1) is 10.1 Å². The molecule has 0 fully saturated rings. The van der Waals surface area contributed by atoms with Crippen LogP contribution >= 0.6 is 22.9 Å². The highest BCUT2D eigenvalue weighted by Gasteiger charge is 2.18. The smallest absolute Gasteiger partial charge is 0.322 e. The van der Waals surface area contributed by atoms with Crippen LogP contribution in [0.1, 0.15) is 10.4 Å². The van der Waals surface area contributed by atoms with E-state index < -0.39 is 10.8 Å².